The molecule has 1 aromatic rings. The molecule has 1 atom stereocenters. The second kappa shape index (κ2) is 3.94. The Balaban J connectivity index is 2.40. The van der Waals surface area contributed by atoms with Crippen LogP contribution < -0.4 is 5.06 Å². The smallest absolute Gasteiger partial charge is 0.337 e. The Morgan fingerprint density at radius 2 is 2.19 bits per heavy atom. The van der Waals surface area contributed by atoms with Crippen LogP contribution in [0.5, 0.6) is 0 Å². The first-order chi connectivity index (χ1) is 7.59. The zero-order valence-corrected chi connectivity index (χ0v) is 8.71. The van der Waals surface area contributed by atoms with Gasteiger partial charge in [-0.15, -0.1) is 0 Å². The van der Waals surface area contributed by atoms with Crippen LogP contribution in [0.3, 0.4) is 0 Å². The van der Waals surface area contributed by atoms with Crippen molar-refractivity contribution >= 4 is 17.6 Å². The van der Waals surface area contributed by atoms with E-state index in [1.807, 2.05) is 0 Å². The van der Waals surface area contributed by atoms with E-state index in [1.54, 1.807) is 25.1 Å². The molecular weight excluding hydrogens is 210 g/mol. The molecule has 1 aromatic carbocycles. The van der Waals surface area contributed by atoms with Crippen molar-refractivity contribution < 1.29 is 19.5 Å². The fourth-order valence-corrected chi connectivity index (χ4v) is 1.63. The van der Waals surface area contributed by atoms with Gasteiger partial charge >= 0.3 is 5.97 Å². The topological polar surface area (TPSA) is 66.8 Å². The fraction of sp³-hybridized carbons (Fsp3) is 0.273. The maximum absolute atomic E-state index is 11.6. The normalized spacial score (nSPS) is 20.2. The number of para-hydroxylation sites is 1. The van der Waals surface area contributed by atoms with Gasteiger partial charge in [-0.05, 0) is 19.1 Å². The van der Waals surface area contributed by atoms with Crippen molar-refractivity contribution in [3.8, 4) is 0 Å². The van der Waals surface area contributed by atoms with Gasteiger partial charge in [0.05, 0.1) is 23.8 Å². The second-order valence-electron chi connectivity index (χ2n) is 3.63. The Labute approximate surface area is 92.2 Å². The molecule has 1 amide bonds. The Kier molecular flexibility index (Phi) is 2.62. The van der Waals surface area contributed by atoms with Crippen LogP contribution in [0.2, 0.25) is 0 Å². The fourth-order valence-electron chi connectivity index (χ4n) is 1.63. The molecule has 0 bridgehead atoms. The molecule has 2 rings (SSSR count). The van der Waals surface area contributed by atoms with E-state index in [2.05, 4.69) is 0 Å². The molecule has 1 aliphatic heterocycles. The van der Waals surface area contributed by atoms with Crippen molar-refractivity contribution in [3.63, 3.8) is 0 Å². The van der Waals surface area contributed by atoms with Gasteiger partial charge in [-0.1, -0.05) is 12.1 Å². The van der Waals surface area contributed by atoms with E-state index in [4.69, 9.17) is 9.94 Å². The van der Waals surface area contributed by atoms with E-state index in [-0.39, 0.29) is 29.7 Å². The Bertz CT molecular complexity index is 443. The number of benzene rings is 1. The van der Waals surface area contributed by atoms with Crippen LogP contribution >= 0.6 is 0 Å². The number of nitrogens with zero attached hydrogens (tertiary/aromatic N) is 1. The van der Waals surface area contributed by atoms with E-state index in [1.165, 1.54) is 6.07 Å². The monoisotopic (exact) mass is 221 g/mol. The van der Waals surface area contributed by atoms with Crippen LogP contribution in [0, 0.1) is 0 Å². The molecule has 1 fully saturated rings. The van der Waals surface area contributed by atoms with Crippen LogP contribution in [0.25, 0.3) is 0 Å². The largest absolute Gasteiger partial charge is 0.478 e. The lowest BCUT2D eigenvalue weighted by Crippen LogP contribution is -2.24. The SMILES string of the molecule is CC1CC(=O)N(c2ccccc2C(=O)O)O1. The summed E-state index contributed by atoms with van der Waals surface area (Å²) in [6, 6.07) is 6.27. The molecule has 5 heteroatoms. The first-order valence-corrected chi connectivity index (χ1v) is 4.91. The maximum Gasteiger partial charge on any atom is 0.337 e. The van der Waals surface area contributed by atoms with E-state index < -0.39 is 5.97 Å². The molecular formula is C11H11NO4. The molecule has 16 heavy (non-hydrogen) atoms. The highest BCUT2D eigenvalue weighted by Crippen LogP contribution is 2.26. The van der Waals surface area contributed by atoms with Crippen LogP contribution in [0.4, 0.5) is 5.69 Å². The maximum atomic E-state index is 11.6. The molecule has 1 heterocycles. The minimum Gasteiger partial charge on any atom is -0.478 e. The highest BCUT2D eigenvalue weighted by atomic mass is 16.7. The Morgan fingerprint density at radius 1 is 1.50 bits per heavy atom. The minimum atomic E-state index is -1.08. The van der Waals surface area contributed by atoms with Gasteiger partial charge in [0.25, 0.3) is 5.91 Å². The summed E-state index contributed by atoms with van der Waals surface area (Å²) >= 11 is 0. The third-order valence-corrected chi connectivity index (χ3v) is 2.33. The molecule has 0 radical (unpaired) electrons. The summed E-state index contributed by atoms with van der Waals surface area (Å²) in [5.74, 6) is -1.30. The van der Waals surface area contributed by atoms with Crippen molar-refractivity contribution in [2.75, 3.05) is 5.06 Å². The van der Waals surface area contributed by atoms with Gasteiger partial charge < -0.3 is 5.11 Å². The molecule has 84 valence electrons. The van der Waals surface area contributed by atoms with Crippen molar-refractivity contribution in [1.82, 2.24) is 0 Å². The van der Waals surface area contributed by atoms with E-state index in [0.717, 1.165) is 5.06 Å². The van der Waals surface area contributed by atoms with E-state index >= 15 is 0 Å². The summed E-state index contributed by atoms with van der Waals surface area (Å²) in [5.41, 5.74) is 0.342. The average Bonchev–Trinajstić information content (AvgIpc) is 2.57. The van der Waals surface area contributed by atoms with Crippen LogP contribution in [0.15, 0.2) is 24.3 Å². The highest BCUT2D eigenvalue weighted by Gasteiger charge is 2.31. The Hall–Kier alpha value is -1.88. The number of amides is 1. The summed E-state index contributed by atoms with van der Waals surface area (Å²) < 4.78 is 0. The van der Waals surface area contributed by atoms with Crippen molar-refractivity contribution in [2.24, 2.45) is 0 Å². The third kappa shape index (κ3) is 1.77. The quantitative estimate of drug-likeness (QED) is 0.820. The van der Waals surface area contributed by atoms with Crippen LogP contribution in [-0.2, 0) is 9.63 Å². The van der Waals surface area contributed by atoms with Gasteiger partial charge in [0, 0.05) is 0 Å². The summed E-state index contributed by atoms with van der Waals surface area (Å²) in [6.07, 6.45) is 0.0582. The van der Waals surface area contributed by atoms with Gasteiger partial charge in [-0.3, -0.25) is 9.63 Å². The summed E-state index contributed by atoms with van der Waals surface area (Å²) in [7, 11) is 0. The summed E-state index contributed by atoms with van der Waals surface area (Å²) in [4.78, 5) is 27.8. The molecule has 0 saturated carbocycles. The molecule has 0 aromatic heterocycles. The van der Waals surface area contributed by atoms with Crippen LogP contribution in [0.1, 0.15) is 23.7 Å². The van der Waals surface area contributed by atoms with Crippen LogP contribution in [-0.4, -0.2) is 23.1 Å². The van der Waals surface area contributed by atoms with Crippen molar-refractivity contribution in [2.45, 2.75) is 19.4 Å². The van der Waals surface area contributed by atoms with Gasteiger partial charge in [0.2, 0.25) is 0 Å². The lowest BCUT2D eigenvalue weighted by atomic mass is 10.1. The number of hydroxylamine groups is 1. The van der Waals surface area contributed by atoms with Crippen molar-refractivity contribution in [3.05, 3.63) is 29.8 Å². The number of hydrogen-bond donors (Lipinski definition) is 1. The lowest BCUT2D eigenvalue weighted by molar-refractivity contribution is -0.119. The first kappa shape index (κ1) is 10.6. The molecule has 0 spiro atoms. The first-order valence-electron chi connectivity index (χ1n) is 4.91. The van der Waals surface area contributed by atoms with E-state index in [9.17, 15) is 9.59 Å². The van der Waals surface area contributed by atoms with Gasteiger partial charge in [-0.2, -0.15) is 5.06 Å². The number of carbonyl (C=O) groups is 2. The number of carboxylic acids is 1. The molecule has 1 aliphatic rings. The number of rotatable bonds is 2. The summed E-state index contributed by atoms with van der Waals surface area (Å²) in [6.45, 7) is 1.77. The standard InChI is InChI=1S/C11H11NO4/c1-7-6-10(13)12(16-7)9-5-3-2-4-8(9)11(14)15/h2-5,7H,6H2,1H3,(H,14,15). The highest BCUT2D eigenvalue weighted by molar-refractivity contribution is 6.01. The number of aromatic carboxylic acids is 1. The lowest BCUT2D eigenvalue weighted by Gasteiger charge is -2.16. The van der Waals surface area contributed by atoms with Gasteiger partial charge in [0.1, 0.15) is 0 Å². The van der Waals surface area contributed by atoms with E-state index in [0.29, 0.717) is 0 Å². The molecule has 1 N–H and O–H groups in total. The predicted octanol–water partition coefficient (Wildman–Crippen LogP) is 1.44. The number of carboxylic acid groups (broad SMARTS) is 1. The number of anilines is 1. The summed E-state index contributed by atoms with van der Waals surface area (Å²) in [5, 5.41) is 10.0. The molecule has 0 aliphatic carbocycles. The van der Waals surface area contributed by atoms with Gasteiger partial charge in [-0.25, -0.2) is 4.79 Å². The zero-order valence-electron chi connectivity index (χ0n) is 8.71. The average molecular weight is 221 g/mol. The molecule has 1 saturated heterocycles. The van der Waals surface area contributed by atoms with Crippen molar-refractivity contribution in [1.29, 1.82) is 0 Å². The number of carbonyl (C=O) groups excluding carboxylic acids is 1. The zero-order chi connectivity index (χ0) is 11.7. The number of hydrogen-bond acceptors (Lipinski definition) is 3. The molecule has 5 nitrogen and oxygen atoms in total. The predicted molar refractivity (Wildman–Crippen MR) is 56.1 cm³/mol. The van der Waals surface area contributed by atoms with Gasteiger partial charge in [0.15, 0.2) is 0 Å². The third-order valence-electron chi connectivity index (χ3n) is 2.33. The second-order valence-corrected chi connectivity index (χ2v) is 3.63. The molecule has 1 unspecified atom stereocenters. The minimum absolute atomic E-state index is 0.0601. The Morgan fingerprint density at radius 3 is 2.75 bits per heavy atom.